The molecule has 16 heavy (non-hydrogen) atoms. The summed E-state index contributed by atoms with van der Waals surface area (Å²) in [6.07, 6.45) is 0. The van der Waals surface area contributed by atoms with Gasteiger partial charge in [-0.2, -0.15) is 0 Å². The van der Waals surface area contributed by atoms with Crippen LogP contribution in [0.15, 0.2) is 35.7 Å². The van der Waals surface area contributed by atoms with E-state index in [0.717, 1.165) is 11.1 Å². The van der Waals surface area contributed by atoms with Gasteiger partial charge in [-0.25, -0.2) is 4.79 Å². The molecule has 1 aromatic carbocycles. The van der Waals surface area contributed by atoms with Gasteiger partial charge in [0.15, 0.2) is 0 Å². The minimum atomic E-state index is -0.917. The summed E-state index contributed by atoms with van der Waals surface area (Å²) in [6.45, 7) is -0.0413. The van der Waals surface area contributed by atoms with E-state index in [2.05, 4.69) is 0 Å². The molecular weight excluding hydrogens is 224 g/mol. The molecule has 0 aliphatic rings. The van der Waals surface area contributed by atoms with Crippen molar-refractivity contribution in [1.82, 2.24) is 0 Å². The second-order valence-electron chi connectivity index (χ2n) is 3.33. The third kappa shape index (κ3) is 1.98. The summed E-state index contributed by atoms with van der Waals surface area (Å²) in [6, 6.07) is 9.03. The zero-order valence-electron chi connectivity index (χ0n) is 8.38. The number of carbonyl (C=O) groups is 1. The van der Waals surface area contributed by atoms with Gasteiger partial charge < -0.3 is 10.2 Å². The Kier molecular flexibility index (Phi) is 3.03. The fourth-order valence-electron chi connectivity index (χ4n) is 1.54. The predicted molar refractivity (Wildman–Crippen MR) is 62.6 cm³/mol. The van der Waals surface area contributed by atoms with Gasteiger partial charge in [0.25, 0.3) is 0 Å². The van der Waals surface area contributed by atoms with Gasteiger partial charge in [0.1, 0.15) is 4.88 Å². The van der Waals surface area contributed by atoms with Crippen LogP contribution >= 0.6 is 11.3 Å². The molecule has 0 saturated carbocycles. The number of hydrogen-bond donors (Lipinski definition) is 2. The second kappa shape index (κ2) is 4.47. The molecule has 0 atom stereocenters. The Balaban J connectivity index is 2.50. The average Bonchev–Trinajstić information content (AvgIpc) is 2.78. The number of rotatable bonds is 3. The number of hydrogen-bond acceptors (Lipinski definition) is 3. The standard InChI is InChI=1S/C12H10O3S/c13-7-8-2-1-3-9(6-8)10-4-5-16-11(10)12(14)15/h1-6,13H,7H2,(H,14,15). The van der Waals surface area contributed by atoms with E-state index in [-0.39, 0.29) is 6.61 Å². The third-order valence-electron chi connectivity index (χ3n) is 2.28. The quantitative estimate of drug-likeness (QED) is 0.858. The van der Waals surface area contributed by atoms with Crippen LogP contribution in [-0.2, 0) is 6.61 Å². The maximum Gasteiger partial charge on any atom is 0.346 e. The number of carboxylic acids is 1. The highest BCUT2D eigenvalue weighted by Gasteiger charge is 2.13. The predicted octanol–water partition coefficient (Wildman–Crippen LogP) is 2.61. The van der Waals surface area contributed by atoms with E-state index < -0.39 is 5.97 Å². The van der Waals surface area contributed by atoms with E-state index >= 15 is 0 Å². The Bertz CT molecular complexity index is 516. The molecule has 4 heteroatoms. The van der Waals surface area contributed by atoms with Crippen molar-refractivity contribution in [2.45, 2.75) is 6.61 Å². The summed E-state index contributed by atoms with van der Waals surface area (Å²) in [5.74, 6) is -0.917. The minimum absolute atomic E-state index is 0.0413. The largest absolute Gasteiger partial charge is 0.477 e. The van der Waals surface area contributed by atoms with Gasteiger partial charge in [0, 0.05) is 5.56 Å². The lowest BCUT2D eigenvalue weighted by molar-refractivity contribution is 0.0703. The Morgan fingerprint density at radius 3 is 2.81 bits per heavy atom. The highest BCUT2D eigenvalue weighted by molar-refractivity contribution is 7.12. The van der Waals surface area contributed by atoms with Crippen LogP contribution in [0.4, 0.5) is 0 Å². The van der Waals surface area contributed by atoms with Crippen LogP contribution in [0.3, 0.4) is 0 Å². The van der Waals surface area contributed by atoms with Crippen LogP contribution in [0.5, 0.6) is 0 Å². The van der Waals surface area contributed by atoms with Crippen LogP contribution in [0.1, 0.15) is 15.2 Å². The SMILES string of the molecule is O=C(O)c1sccc1-c1cccc(CO)c1. The van der Waals surface area contributed by atoms with Gasteiger partial charge in [-0.1, -0.05) is 18.2 Å². The van der Waals surface area contributed by atoms with Crippen molar-refractivity contribution < 1.29 is 15.0 Å². The van der Waals surface area contributed by atoms with E-state index in [1.807, 2.05) is 12.1 Å². The topological polar surface area (TPSA) is 57.5 Å². The lowest BCUT2D eigenvalue weighted by Crippen LogP contribution is -1.94. The van der Waals surface area contributed by atoms with E-state index in [4.69, 9.17) is 10.2 Å². The molecule has 0 saturated heterocycles. The minimum Gasteiger partial charge on any atom is -0.477 e. The number of thiophene rings is 1. The Morgan fingerprint density at radius 1 is 1.31 bits per heavy atom. The van der Waals surface area contributed by atoms with Crippen molar-refractivity contribution in [3.63, 3.8) is 0 Å². The zero-order valence-corrected chi connectivity index (χ0v) is 9.20. The first-order valence-corrected chi connectivity index (χ1v) is 5.61. The molecule has 0 aliphatic heterocycles. The first-order chi connectivity index (χ1) is 7.72. The highest BCUT2D eigenvalue weighted by Crippen LogP contribution is 2.28. The molecule has 0 radical (unpaired) electrons. The van der Waals surface area contributed by atoms with Crippen molar-refractivity contribution in [2.75, 3.05) is 0 Å². The van der Waals surface area contributed by atoms with Crippen LogP contribution in [-0.4, -0.2) is 16.2 Å². The molecule has 2 rings (SSSR count). The first-order valence-electron chi connectivity index (χ1n) is 4.73. The molecule has 0 fully saturated rings. The highest BCUT2D eigenvalue weighted by atomic mass is 32.1. The molecule has 2 N–H and O–H groups in total. The van der Waals surface area contributed by atoms with Gasteiger partial charge in [-0.05, 0) is 28.6 Å². The molecule has 82 valence electrons. The second-order valence-corrected chi connectivity index (χ2v) is 4.24. The van der Waals surface area contributed by atoms with Gasteiger partial charge >= 0.3 is 5.97 Å². The van der Waals surface area contributed by atoms with Crippen molar-refractivity contribution >= 4 is 17.3 Å². The summed E-state index contributed by atoms with van der Waals surface area (Å²) in [4.78, 5) is 11.3. The fraction of sp³-hybridized carbons (Fsp3) is 0.0833. The Labute approximate surface area is 96.6 Å². The fourth-order valence-corrected chi connectivity index (χ4v) is 2.29. The summed E-state index contributed by atoms with van der Waals surface area (Å²) < 4.78 is 0. The molecule has 0 unspecified atom stereocenters. The Hall–Kier alpha value is -1.65. The summed E-state index contributed by atoms with van der Waals surface area (Å²) >= 11 is 1.20. The van der Waals surface area contributed by atoms with Gasteiger partial charge in [0.05, 0.1) is 6.61 Å². The summed E-state index contributed by atoms with van der Waals surface area (Å²) in [5, 5.41) is 19.8. The maximum absolute atomic E-state index is 11.0. The van der Waals surface area contributed by atoms with Gasteiger partial charge in [-0.3, -0.25) is 0 Å². The maximum atomic E-state index is 11.0. The molecule has 3 nitrogen and oxygen atoms in total. The zero-order chi connectivity index (χ0) is 11.5. The van der Waals surface area contributed by atoms with Crippen molar-refractivity contribution in [3.05, 3.63) is 46.2 Å². The number of aliphatic hydroxyl groups excluding tert-OH is 1. The molecule has 0 spiro atoms. The molecule has 1 heterocycles. The van der Waals surface area contributed by atoms with Crippen LogP contribution in [0.25, 0.3) is 11.1 Å². The van der Waals surface area contributed by atoms with Crippen LogP contribution in [0, 0.1) is 0 Å². The third-order valence-corrected chi connectivity index (χ3v) is 3.18. The number of carboxylic acid groups (broad SMARTS) is 1. The molecule has 0 bridgehead atoms. The van der Waals surface area contributed by atoms with Crippen molar-refractivity contribution in [2.24, 2.45) is 0 Å². The number of aliphatic hydroxyl groups is 1. The monoisotopic (exact) mass is 234 g/mol. The molecular formula is C12H10O3S. The molecule has 0 amide bonds. The van der Waals surface area contributed by atoms with E-state index in [9.17, 15) is 4.79 Å². The van der Waals surface area contributed by atoms with E-state index in [0.29, 0.717) is 10.4 Å². The van der Waals surface area contributed by atoms with Gasteiger partial charge in [0.2, 0.25) is 0 Å². The number of aromatic carboxylic acids is 1. The Morgan fingerprint density at radius 2 is 2.12 bits per heavy atom. The summed E-state index contributed by atoms with van der Waals surface area (Å²) in [5.41, 5.74) is 2.30. The molecule has 1 aromatic heterocycles. The lowest BCUT2D eigenvalue weighted by atomic mass is 10.0. The van der Waals surface area contributed by atoms with Crippen LogP contribution in [0.2, 0.25) is 0 Å². The lowest BCUT2D eigenvalue weighted by Gasteiger charge is -2.02. The van der Waals surface area contributed by atoms with Crippen LogP contribution < -0.4 is 0 Å². The molecule has 2 aromatic rings. The summed E-state index contributed by atoms with van der Waals surface area (Å²) in [7, 11) is 0. The van der Waals surface area contributed by atoms with E-state index in [1.165, 1.54) is 11.3 Å². The smallest absolute Gasteiger partial charge is 0.346 e. The van der Waals surface area contributed by atoms with Crippen molar-refractivity contribution in [3.8, 4) is 11.1 Å². The normalized spacial score (nSPS) is 10.3. The average molecular weight is 234 g/mol. The number of benzene rings is 1. The van der Waals surface area contributed by atoms with E-state index in [1.54, 1.807) is 23.6 Å². The van der Waals surface area contributed by atoms with Crippen molar-refractivity contribution in [1.29, 1.82) is 0 Å². The van der Waals surface area contributed by atoms with Gasteiger partial charge in [-0.15, -0.1) is 11.3 Å². The first kappa shape index (κ1) is 10.9. The molecule has 0 aliphatic carbocycles.